The summed E-state index contributed by atoms with van der Waals surface area (Å²) < 4.78 is 221. The minimum Gasteiger partial charge on any atom is -0.722 e. The Labute approximate surface area is 170 Å². The van der Waals surface area contributed by atoms with Crippen molar-refractivity contribution >= 4 is 10.5 Å². The highest BCUT2D eigenvalue weighted by atomic mass is 32.3. The lowest BCUT2D eigenvalue weighted by Gasteiger charge is -2.41. The van der Waals surface area contributed by atoms with Gasteiger partial charge in [-0.1, -0.05) is 0 Å². The van der Waals surface area contributed by atoms with Crippen molar-refractivity contribution in [1.82, 2.24) is 0 Å². The maximum atomic E-state index is 14.0. The smallest absolute Gasteiger partial charge is 0.722 e. The number of halogens is 15. The van der Waals surface area contributed by atoms with E-state index in [0.29, 0.717) is 0 Å². The standard InChI is InChI=1S/C11H10F14O2.FHO3S/c1-5(13,14)9(20,21)10(22,6(2,15)16)26-4-7(17,11(23,24)25)27-8(18,19)3-12;1-5(2,3)4/h3-4H2,1-2H3;(H,2,3,4). The lowest BCUT2D eigenvalue weighted by atomic mass is 9.99. The molecule has 0 bridgehead atoms. The van der Waals surface area contributed by atoms with Crippen LogP contribution in [0.1, 0.15) is 15.3 Å². The molecule has 2 atom stereocenters. The van der Waals surface area contributed by atoms with Crippen molar-refractivity contribution in [1.29, 1.82) is 0 Å². The SMILES string of the molecule is CC(F)(F)C(F)(F)C(F)(OCC(F)(OC(F)(F)CF)C(F)(F)F)C(C)(F)F.O=S(=O)([O-])F.[H+]. The zero-order valence-electron chi connectivity index (χ0n) is 16.0. The van der Waals surface area contributed by atoms with Gasteiger partial charge in [0.15, 0.2) is 6.67 Å². The monoisotopic (exact) mass is 540 g/mol. The second-order valence-corrected chi connectivity index (χ2v) is 6.51. The highest BCUT2D eigenvalue weighted by molar-refractivity contribution is 7.80. The maximum Gasteiger partial charge on any atom is 1.00 e. The van der Waals surface area contributed by atoms with E-state index in [0.717, 1.165) is 0 Å². The Hall–Kier alpha value is -1.22. The molecular weight excluding hydrogens is 529 g/mol. The Morgan fingerprint density at radius 2 is 1.16 bits per heavy atom. The van der Waals surface area contributed by atoms with E-state index in [1.165, 1.54) is 0 Å². The highest BCUT2D eigenvalue weighted by Crippen LogP contribution is 2.53. The third kappa shape index (κ3) is 8.61. The van der Waals surface area contributed by atoms with Crippen molar-refractivity contribution < 1.29 is 89.2 Å². The molecule has 0 N–H and O–H groups in total. The number of rotatable bonds is 9. The fraction of sp³-hybridized carbons (Fsp3) is 1.00. The van der Waals surface area contributed by atoms with Gasteiger partial charge >= 0.3 is 43.2 Å². The molecule has 0 aromatic carbocycles. The van der Waals surface area contributed by atoms with E-state index >= 15 is 0 Å². The van der Waals surface area contributed by atoms with Gasteiger partial charge in [-0.15, -0.1) is 3.89 Å². The van der Waals surface area contributed by atoms with Crippen LogP contribution in [0, 0.1) is 0 Å². The van der Waals surface area contributed by atoms with Crippen LogP contribution >= 0.6 is 0 Å². The molecule has 0 aliphatic rings. The third-order valence-electron chi connectivity index (χ3n) is 2.87. The molecule has 0 amide bonds. The summed E-state index contributed by atoms with van der Waals surface area (Å²) in [5, 5.41) is 0. The van der Waals surface area contributed by atoms with Crippen LogP contribution < -0.4 is 0 Å². The normalized spacial score (nSPS) is 18.3. The number of hydrogen-bond donors (Lipinski definition) is 0. The quantitative estimate of drug-likeness (QED) is 0.235. The molecule has 21 heteroatoms. The molecule has 0 aliphatic heterocycles. The van der Waals surface area contributed by atoms with Gasteiger partial charge in [-0.25, -0.2) is 21.6 Å². The van der Waals surface area contributed by atoms with Gasteiger partial charge in [0, 0.05) is 13.8 Å². The Balaban J connectivity index is -0.00000134. The molecule has 0 aliphatic carbocycles. The molecule has 0 fully saturated rings. The van der Waals surface area contributed by atoms with Gasteiger partial charge in [0.25, 0.3) is 10.5 Å². The summed E-state index contributed by atoms with van der Waals surface area (Å²) in [5.74, 6) is -30.3. The zero-order valence-corrected chi connectivity index (χ0v) is 15.8. The minimum absolute atomic E-state index is 0. The maximum absolute atomic E-state index is 14.0. The Morgan fingerprint density at radius 1 is 0.812 bits per heavy atom. The Morgan fingerprint density at radius 3 is 1.38 bits per heavy atom. The molecule has 5 nitrogen and oxygen atoms in total. The van der Waals surface area contributed by atoms with Gasteiger partial charge in [-0.05, 0) is 0 Å². The number of hydrogen-bond acceptors (Lipinski definition) is 5. The summed E-state index contributed by atoms with van der Waals surface area (Å²) in [7, 11) is -5.42. The predicted octanol–water partition coefficient (Wildman–Crippen LogP) is 4.95. The second kappa shape index (κ2) is 9.57. The van der Waals surface area contributed by atoms with Crippen LogP contribution in [0.2, 0.25) is 0 Å². The summed E-state index contributed by atoms with van der Waals surface area (Å²) in [6, 6.07) is 0. The van der Waals surface area contributed by atoms with Crippen molar-refractivity contribution in [3.8, 4) is 0 Å². The first-order valence-corrected chi connectivity index (χ1v) is 8.30. The van der Waals surface area contributed by atoms with Crippen LogP contribution in [-0.4, -0.2) is 68.0 Å². The minimum atomic E-state index is -6.69. The summed E-state index contributed by atoms with van der Waals surface area (Å²) in [6.45, 7) is -8.30. The Kier molecular flexibility index (Phi) is 9.85. The van der Waals surface area contributed by atoms with Crippen LogP contribution in [-0.2, 0) is 20.0 Å². The molecule has 196 valence electrons. The van der Waals surface area contributed by atoms with Gasteiger partial charge in [0.1, 0.15) is 6.61 Å². The molecule has 0 aromatic heterocycles. The Bertz CT molecular complexity index is 711. The first kappa shape index (κ1) is 33.0. The summed E-state index contributed by atoms with van der Waals surface area (Å²) in [6.07, 6.45) is -12.3. The van der Waals surface area contributed by atoms with E-state index in [-0.39, 0.29) is 1.43 Å². The molecule has 2 unspecified atom stereocenters. The van der Waals surface area contributed by atoms with E-state index in [9.17, 15) is 65.4 Å². The van der Waals surface area contributed by atoms with Crippen molar-refractivity contribution in [2.45, 2.75) is 55.6 Å². The molecule has 0 aromatic rings. The van der Waals surface area contributed by atoms with Gasteiger partial charge in [0.05, 0.1) is 0 Å². The van der Waals surface area contributed by atoms with Gasteiger partial charge < -0.3 is 9.29 Å². The van der Waals surface area contributed by atoms with E-state index in [1.807, 2.05) is 0 Å². The molecule has 32 heavy (non-hydrogen) atoms. The van der Waals surface area contributed by atoms with E-state index in [2.05, 4.69) is 9.47 Å². The van der Waals surface area contributed by atoms with Crippen molar-refractivity contribution in [2.24, 2.45) is 0 Å². The predicted molar refractivity (Wildman–Crippen MR) is 69.8 cm³/mol. The topological polar surface area (TPSA) is 75.7 Å². The average Bonchev–Trinajstić information content (AvgIpc) is 2.47. The largest absolute Gasteiger partial charge is 1.00 e. The zero-order chi connectivity index (χ0) is 26.8. The summed E-state index contributed by atoms with van der Waals surface area (Å²) in [4.78, 5) is 0. The molecular formula is C11H11F15O5S. The van der Waals surface area contributed by atoms with Crippen LogP contribution in [0.25, 0.3) is 0 Å². The van der Waals surface area contributed by atoms with Gasteiger partial charge in [-0.3, -0.25) is 4.74 Å². The fourth-order valence-electron chi connectivity index (χ4n) is 1.40. The second-order valence-electron chi connectivity index (χ2n) is 5.73. The molecule has 0 spiro atoms. The fourth-order valence-corrected chi connectivity index (χ4v) is 1.40. The summed E-state index contributed by atoms with van der Waals surface area (Å²) >= 11 is 0. The third-order valence-corrected chi connectivity index (χ3v) is 2.87. The van der Waals surface area contributed by atoms with Crippen LogP contribution in [0.3, 0.4) is 0 Å². The first-order chi connectivity index (χ1) is 13.5. The molecule has 0 rings (SSSR count). The molecule has 0 saturated heterocycles. The molecule has 0 radical (unpaired) electrons. The van der Waals surface area contributed by atoms with Crippen molar-refractivity contribution in [3.63, 3.8) is 0 Å². The van der Waals surface area contributed by atoms with Gasteiger partial charge in [-0.2, -0.15) is 48.3 Å². The first-order valence-electron chi connectivity index (χ1n) is 6.99. The molecule has 0 saturated carbocycles. The van der Waals surface area contributed by atoms with Crippen LogP contribution in [0.5, 0.6) is 0 Å². The summed E-state index contributed by atoms with van der Waals surface area (Å²) in [5.41, 5.74) is 0. The van der Waals surface area contributed by atoms with E-state index < -0.39 is 79.4 Å². The average molecular weight is 540 g/mol. The number of ether oxygens (including phenoxy) is 2. The van der Waals surface area contributed by atoms with Crippen molar-refractivity contribution in [3.05, 3.63) is 0 Å². The lowest BCUT2D eigenvalue weighted by molar-refractivity contribution is -0.451. The van der Waals surface area contributed by atoms with Crippen LogP contribution in [0.15, 0.2) is 0 Å². The van der Waals surface area contributed by atoms with E-state index in [1.54, 1.807) is 0 Å². The molecule has 0 heterocycles. The van der Waals surface area contributed by atoms with E-state index in [4.69, 9.17) is 13.0 Å². The number of alkyl halides is 14. The van der Waals surface area contributed by atoms with Crippen molar-refractivity contribution in [2.75, 3.05) is 13.3 Å². The van der Waals surface area contributed by atoms with Crippen LogP contribution in [0.4, 0.5) is 65.4 Å². The highest BCUT2D eigenvalue weighted by Gasteiger charge is 2.78. The van der Waals surface area contributed by atoms with Gasteiger partial charge in [0.2, 0.25) is 0 Å². The lowest BCUT2D eigenvalue weighted by Crippen LogP contribution is -2.66.